The minimum absolute atomic E-state index is 0.132. The Balaban J connectivity index is 1.83. The molecule has 1 N–H and O–H groups in total. The van der Waals surface area contributed by atoms with Gasteiger partial charge in [0.05, 0.1) is 19.3 Å². The summed E-state index contributed by atoms with van der Waals surface area (Å²) < 4.78 is 55.9. The predicted molar refractivity (Wildman–Crippen MR) is 71.2 cm³/mol. The van der Waals surface area contributed by atoms with Crippen LogP contribution in [0.1, 0.15) is 6.92 Å². The van der Waals surface area contributed by atoms with Crippen molar-refractivity contribution in [1.82, 2.24) is 15.1 Å². The van der Waals surface area contributed by atoms with Crippen LogP contribution in [0.4, 0.5) is 17.6 Å². The van der Waals surface area contributed by atoms with Crippen molar-refractivity contribution in [2.75, 3.05) is 45.9 Å². The molecule has 2 atom stereocenters. The van der Waals surface area contributed by atoms with Crippen molar-refractivity contribution < 1.29 is 27.1 Å². The summed E-state index contributed by atoms with van der Waals surface area (Å²) in [6.07, 6.45) is -3.92. The number of hydrogen-bond acceptors (Lipinski definition) is 4. The molecule has 0 aromatic heterocycles. The molecule has 9 heteroatoms. The van der Waals surface area contributed by atoms with Gasteiger partial charge in [0.1, 0.15) is 6.04 Å². The lowest BCUT2D eigenvalue weighted by Crippen LogP contribution is -2.60. The number of nitrogens with zero attached hydrogens (tertiary/aromatic N) is 2. The fourth-order valence-corrected chi connectivity index (χ4v) is 2.70. The molecule has 0 aromatic carbocycles. The van der Waals surface area contributed by atoms with Crippen molar-refractivity contribution in [2.45, 2.75) is 31.4 Å². The van der Waals surface area contributed by atoms with Gasteiger partial charge in [0.25, 0.3) is 0 Å². The fourth-order valence-electron chi connectivity index (χ4n) is 2.70. The summed E-state index contributed by atoms with van der Waals surface area (Å²) in [7, 11) is 0. The van der Waals surface area contributed by atoms with Gasteiger partial charge in [0.15, 0.2) is 0 Å². The first-order valence-electron chi connectivity index (χ1n) is 7.33. The van der Waals surface area contributed by atoms with Crippen LogP contribution in [0, 0.1) is 0 Å². The third kappa shape index (κ3) is 4.08. The van der Waals surface area contributed by atoms with Gasteiger partial charge in [-0.3, -0.25) is 9.69 Å². The normalized spacial score (nSPS) is 28.2. The lowest BCUT2D eigenvalue weighted by Gasteiger charge is -2.39. The van der Waals surface area contributed by atoms with Crippen LogP contribution >= 0.6 is 0 Å². The van der Waals surface area contributed by atoms with Crippen molar-refractivity contribution >= 4 is 5.91 Å². The molecule has 0 saturated carbocycles. The van der Waals surface area contributed by atoms with Gasteiger partial charge in [-0.15, -0.1) is 0 Å². The molecule has 2 fully saturated rings. The quantitative estimate of drug-likeness (QED) is 0.760. The second-order valence-electron chi connectivity index (χ2n) is 5.67. The Kier molecular flexibility index (Phi) is 5.62. The van der Waals surface area contributed by atoms with Gasteiger partial charge in [-0.2, -0.15) is 8.78 Å². The zero-order valence-electron chi connectivity index (χ0n) is 12.4. The second kappa shape index (κ2) is 7.10. The number of halogens is 4. The number of amides is 1. The van der Waals surface area contributed by atoms with Gasteiger partial charge in [0.2, 0.25) is 5.91 Å². The summed E-state index contributed by atoms with van der Waals surface area (Å²) in [5.74, 6) is -4.15. The number of morpholine rings is 1. The first-order valence-corrected chi connectivity index (χ1v) is 7.33. The van der Waals surface area contributed by atoms with Crippen LogP contribution in [0.5, 0.6) is 0 Å². The van der Waals surface area contributed by atoms with Crippen LogP contribution in [-0.4, -0.2) is 86.1 Å². The molecule has 2 rings (SSSR count). The Morgan fingerprint density at radius 2 is 1.95 bits per heavy atom. The Bertz CT molecular complexity index is 389. The molecule has 2 heterocycles. The zero-order valence-corrected chi connectivity index (χ0v) is 12.4. The van der Waals surface area contributed by atoms with Gasteiger partial charge in [-0.05, 0) is 6.92 Å². The predicted octanol–water partition coefficient (Wildman–Crippen LogP) is 0.408. The molecule has 2 aliphatic heterocycles. The van der Waals surface area contributed by atoms with Crippen LogP contribution in [0.15, 0.2) is 0 Å². The van der Waals surface area contributed by atoms with Crippen LogP contribution < -0.4 is 5.32 Å². The molecule has 0 aromatic rings. The maximum absolute atomic E-state index is 13.0. The summed E-state index contributed by atoms with van der Waals surface area (Å²) in [4.78, 5) is 15.2. The number of rotatable bonds is 4. The number of nitrogens with one attached hydrogen (secondary N) is 1. The number of ether oxygens (including phenoxy) is 1. The lowest BCUT2D eigenvalue weighted by molar-refractivity contribution is -0.151. The van der Waals surface area contributed by atoms with E-state index in [-0.39, 0.29) is 38.2 Å². The summed E-state index contributed by atoms with van der Waals surface area (Å²) in [6.45, 7) is 2.78. The van der Waals surface area contributed by atoms with E-state index in [1.165, 1.54) is 4.90 Å². The molecule has 2 saturated heterocycles. The summed E-state index contributed by atoms with van der Waals surface area (Å²) in [5.41, 5.74) is 0. The van der Waals surface area contributed by atoms with Gasteiger partial charge >= 0.3 is 12.3 Å². The number of carbonyl (C=O) groups is 1. The molecule has 0 bridgehead atoms. The first kappa shape index (κ1) is 17.4. The summed E-state index contributed by atoms with van der Waals surface area (Å²) in [5, 5.41) is 3.08. The monoisotopic (exact) mass is 327 g/mol. The number of carbonyl (C=O) groups excluding carboxylic acids is 1. The van der Waals surface area contributed by atoms with Crippen molar-refractivity contribution in [2.24, 2.45) is 0 Å². The molecular weight excluding hydrogens is 306 g/mol. The van der Waals surface area contributed by atoms with Gasteiger partial charge in [-0.25, -0.2) is 8.78 Å². The van der Waals surface area contributed by atoms with E-state index in [1.807, 2.05) is 0 Å². The van der Waals surface area contributed by atoms with Crippen LogP contribution in [0.2, 0.25) is 0 Å². The van der Waals surface area contributed by atoms with Crippen molar-refractivity contribution in [1.29, 1.82) is 0 Å². The average molecular weight is 327 g/mol. The van der Waals surface area contributed by atoms with Crippen LogP contribution in [-0.2, 0) is 9.53 Å². The van der Waals surface area contributed by atoms with Crippen molar-refractivity contribution in [3.63, 3.8) is 0 Å². The topological polar surface area (TPSA) is 44.8 Å². The van der Waals surface area contributed by atoms with E-state index >= 15 is 0 Å². The molecule has 5 nitrogen and oxygen atoms in total. The molecule has 128 valence electrons. The largest absolute Gasteiger partial charge is 0.375 e. The molecule has 0 aliphatic carbocycles. The van der Waals surface area contributed by atoms with Gasteiger partial charge in [0, 0.05) is 32.7 Å². The van der Waals surface area contributed by atoms with E-state index in [1.54, 1.807) is 11.8 Å². The standard InChI is InChI=1S/C13H21F4N3O2/c1-9-10(18-2-7-22-9)11(21)20-5-3-19(4-6-20)8-13(16,17)12(14)15/h9-10,12,18H,2-8H2,1H3/t9-,10+/m1/s1. The summed E-state index contributed by atoms with van der Waals surface area (Å²) >= 11 is 0. The van der Waals surface area contributed by atoms with Crippen molar-refractivity contribution in [3.05, 3.63) is 0 Å². The Hall–Kier alpha value is -0.930. The molecule has 0 unspecified atom stereocenters. The Morgan fingerprint density at radius 3 is 2.50 bits per heavy atom. The highest BCUT2D eigenvalue weighted by Gasteiger charge is 2.43. The highest BCUT2D eigenvalue weighted by molar-refractivity contribution is 5.82. The van der Waals surface area contributed by atoms with E-state index in [0.717, 1.165) is 0 Å². The smallest absolute Gasteiger partial charge is 0.319 e. The van der Waals surface area contributed by atoms with E-state index in [2.05, 4.69) is 5.32 Å². The molecule has 2 aliphatic rings. The van der Waals surface area contributed by atoms with E-state index in [4.69, 9.17) is 4.74 Å². The minimum atomic E-state index is -4.01. The molecular formula is C13H21F4N3O2. The van der Waals surface area contributed by atoms with E-state index in [0.29, 0.717) is 13.2 Å². The first-order chi connectivity index (χ1) is 10.3. The van der Waals surface area contributed by atoms with E-state index < -0.39 is 24.9 Å². The zero-order chi connectivity index (χ0) is 16.3. The maximum Gasteiger partial charge on any atom is 0.319 e. The lowest BCUT2D eigenvalue weighted by atomic mass is 10.1. The summed E-state index contributed by atoms with van der Waals surface area (Å²) in [6, 6.07) is -0.442. The highest BCUT2D eigenvalue weighted by Crippen LogP contribution is 2.24. The van der Waals surface area contributed by atoms with Crippen LogP contribution in [0.25, 0.3) is 0 Å². The number of hydrogen-bond donors (Lipinski definition) is 1. The number of alkyl halides is 4. The Labute approximate surface area is 126 Å². The number of piperazine rings is 1. The van der Waals surface area contributed by atoms with Crippen molar-refractivity contribution in [3.8, 4) is 0 Å². The molecule has 0 spiro atoms. The molecule has 1 amide bonds. The molecule has 22 heavy (non-hydrogen) atoms. The van der Waals surface area contributed by atoms with Gasteiger partial charge in [-0.1, -0.05) is 0 Å². The van der Waals surface area contributed by atoms with E-state index in [9.17, 15) is 22.4 Å². The van der Waals surface area contributed by atoms with Gasteiger partial charge < -0.3 is 15.0 Å². The van der Waals surface area contributed by atoms with Crippen LogP contribution in [0.3, 0.4) is 0 Å². The minimum Gasteiger partial charge on any atom is -0.375 e. The average Bonchev–Trinajstić information content (AvgIpc) is 2.47. The SMILES string of the molecule is C[C@H]1OCCN[C@@H]1C(=O)N1CCN(CC(F)(F)C(F)F)CC1. The maximum atomic E-state index is 13.0. The third-order valence-electron chi connectivity index (χ3n) is 4.02. The molecule has 0 radical (unpaired) electrons. The second-order valence-corrected chi connectivity index (χ2v) is 5.67. The third-order valence-corrected chi connectivity index (χ3v) is 4.02. The highest BCUT2D eigenvalue weighted by atomic mass is 19.3. The Morgan fingerprint density at radius 1 is 1.32 bits per heavy atom. The fraction of sp³-hybridized carbons (Fsp3) is 0.923.